The van der Waals surface area contributed by atoms with E-state index in [-0.39, 0.29) is 11.6 Å². The van der Waals surface area contributed by atoms with Gasteiger partial charge in [0, 0.05) is 5.92 Å². The van der Waals surface area contributed by atoms with Crippen LogP contribution in [0.1, 0.15) is 47.0 Å². The van der Waals surface area contributed by atoms with Gasteiger partial charge in [0.15, 0.2) is 0 Å². The molecule has 2 rings (SSSR count). The van der Waals surface area contributed by atoms with E-state index in [0.29, 0.717) is 18.3 Å². The number of allylic oxidation sites excluding steroid dienone is 3. The summed E-state index contributed by atoms with van der Waals surface area (Å²) in [4.78, 5) is 11.7. The van der Waals surface area contributed by atoms with Crippen LogP contribution in [0.25, 0.3) is 0 Å². The van der Waals surface area contributed by atoms with Crippen molar-refractivity contribution in [2.24, 2.45) is 11.8 Å². The number of carbonyl (C=O) groups is 1. The molecule has 17 heavy (non-hydrogen) atoms. The highest BCUT2D eigenvalue weighted by molar-refractivity contribution is 5.74. The topological polar surface area (TPSA) is 26.3 Å². The van der Waals surface area contributed by atoms with Gasteiger partial charge in [-0.15, -0.1) is 0 Å². The number of ether oxygens (including phenoxy) is 1. The molecule has 0 unspecified atom stereocenters. The van der Waals surface area contributed by atoms with Crippen LogP contribution in [0, 0.1) is 11.8 Å². The number of hydrogen-bond donors (Lipinski definition) is 0. The second-order valence-electron chi connectivity index (χ2n) is 6.08. The van der Waals surface area contributed by atoms with E-state index in [1.54, 1.807) is 0 Å². The lowest BCUT2D eigenvalue weighted by Gasteiger charge is -2.30. The van der Waals surface area contributed by atoms with Crippen molar-refractivity contribution in [1.82, 2.24) is 0 Å². The third kappa shape index (κ3) is 2.80. The Labute approximate surface area is 104 Å². The first-order valence-corrected chi connectivity index (χ1v) is 6.51. The highest BCUT2D eigenvalue weighted by atomic mass is 16.6. The molecule has 94 valence electrons. The summed E-state index contributed by atoms with van der Waals surface area (Å²) in [6.07, 6.45) is 7.41. The van der Waals surface area contributed by atoms with Gasteiger partial charge in [-0.1, -0.05) is 30.2 Å². The van der Waals surface area contributed by atoms with Gasteiger partial charge >= 0.3 is 5.97 Å². The molecule has 0 spiro atoms. The minimum atomic E-state index is -0.374. The van der Waals surface area contributed by atoms with E-state index < -0.39 is 0 Å². The maximum atomic E-state index is 11.7. The van der Waals surface area contributed by atoms with Crippen LogP contribution < -0.4 is 0 Å². The molecule has 0 aromatic heterocycles. The molecule has 0 aromatic carbocycles. The van der Waals surface area contributed by atoms with Gasteiger partial charge in [-0.25, -0.2) is 0 Å². The van der Waals surface area contributed by atoms with Crippen LogP contribution in [0.5, 0.6) is 0 Å². The molecule has 2 heteroatoms. The van der Waals surface area contributed by atoms with E-state index >= 15 is 0 Å². The van der Waals surface area contributed by atoms with Crippen molar-refractivity contribution in [3.8, 4) is 0 Å². The van der Waals surface area contributed by atoms with E-state index in [1.807, 2.05) is 20.8 Å². The van der Waals surface area contributed by atoms with Crippen LogP contribution in [0.4, 0.5) is 0 Å². The highest BCUT2D eigenvalue weighted by Crippen LogP contribution is 2.46. The summed E-state index contributed by atoms with van der Waals surface area (Å²) in [5.74, 6) is 1.10. The lowest BCUT2D eigenvalue weighted by atomic mass is 9.75. The molecule has 0 aromatic rings. The Kier molecular flexibility index (Phi) is 3.15. The lowest BCUT2D eigenvalue weighted by molar-refractivity contribution is -0.154. The van der Waals surface area contributed by atoms with Crippen molar-refractivity contribution in [3.63, 3.8) is 0 Å². The third-order valence-electron chi connectivity index (χ3n) is 3.45. The van der Waals surface area contributed by atoms with Gasteiger partial charge in [-0.2, -0.15) is 0 Å². The third-order valence-corrected chi connectivity index (χ3v) is 3.45. The van der Waals surface area contributed by atoms with Crippen LogP contribution in [0.2, 0.25) is 0 Å². The Balaban J connectivity index is 1.89. The Morgan fingerprint density at radius 3 is 2.71 bits per heavy atom. The molecular formula is C15H22O2. The van der Waals surface area contributed by atoms with Crippen molar-refractivity contribution in [3.05, 3.63) is 23.3 Å². The predicted octanol–water partition coefficient (Wildman–Crippen LogP) is 3.63. The van der Waals surface area contributed by atoms with E-state index in [2.05, 4.69) is 19.1 Å². The summed E-state index contributed by atoms with van der Waals surface area (Å²) < 4.78 is 5.35. The minimum absolute atomic E-state index is 0.0967. The molecule has 0 amide bonds. The molecular weight excluding hydrogens is 212 g/mol. The molecule has 0 bridgehead atoms. The monoisotopic (exact) mass is 234 g/mol. The Hall–Kier alpha value is -1.05. The fraction of sp³-hybridized carbons (Fsp3) is 0.667. The number of fused-ring (bicyclic) bond motifs is 1. The summed E-state index contributed by atoms with van der Waals surface area (Å²) in [7, 11) is 0. The Morgan fingerprint density at radius 1 is 1.41 bits per heavy atom. The van der Waals surface area contributed by atoms with Gasteiger partial charge in [0.1, 0.15) is 5.60 Å². The quantitative estimate of drug-likeness (QED) is 0.550. The maximum absolute atomic E-state index is 11.7. The SMILES string of the molecule is CCC1=C[C@H]2C(CC(=O)OC(C)(C)C)=C[C@H]2C1. The second kappa shape index (κ2) is 4.32. The largest absolute Gasteiger partial charge is 0.460 e. The lowest BCUT2D eigenvalue weighted by Crippen LogP contribution is -2.27. The normalized spacial score (nSPS) is 26.8. The van der Waals surface area contributed by atoms with Crippen molar-refractivity contribution in [2.75, 3.05) is 0 Å². The van der Waals surface area contributed by atoms with Crippen molar-refractivity contribution < 1.29 is 9.53 Å². The molecule has 0 N–H and O–H groups in total. The smallest absolute Gasteiger partial charge is 0.310 e. The fourth-order valence-corrected chi connectivity index (χ4v) is 2.67. The standard InChI is InChI=1S/C15H22O2/c1-5-10-6-11-8-12(13(11)7-10)9-14(16)17-15(2,3)4/h7-8,11,13H,5-6,9H2,1-4H3/t11-,13-/m1/s1. The van der Waals surface area contributed by atoms with Crippen LogP contribution in [-0.2, 0) is 9.53 Å². The number of carbonyl (C=O) groups excluding carboxylic acids is 1. The van der Waals surface area contributed by atoms with Gasteiger partial charge in [-0.05, 0) is 39.5 Å². The molecule has 2 aliphatic carbocycles. The zero-order valence-corrected chi connectivity index (χ0v) is 11.2. The Morgan fingerprint density at radius 2 is 2.12 bits per heavy atom. The van der Waals surface area contributed by atoms with Gasteiger partial charge in [0.2, 0.25) is 0 Å². The van der Waals surface area contributed by atoms with Crippen LogP contribution >= 0.6 is 0 Å². The molecule has 0 radical (unpaired) electrons. The first-order chi connectivity index (χ1) is 7.89. The number of esters is 1. The maximum Gasteiger partial charge on any atom is 0.310 e. The van der Waals surface area contributed by atoms with E-state index in [9.17, 15) is 4.79 Å². The highest BCUT2D eigenvalue weighted by Gasteiger charge is 2.36. The zero-order chi connectivity index (χ0) is 12.6. The van der Waals surface area contributed by atoms with Gasteiger partial charge in [0.25, 0.3) is 0 Å². The van der Waals surface area contributed by atoms with Gasteiger partial charge in [-0.3, -0.25) is 4.79 Å². The summed E-state index contributed by atoms with van der Waals surface area (Å²) in [5, 5.41) is 0. The molecule has 2 aliphatic rings. The zero-order valence-electron chi connectivity index (χ0n) is 11.2. The molecule has 2 atom stereocenters. The summed E-state index contributed by atoms with van der Waals surface area (Å²) in [5.41, 5.74) is 2.42. The number of rotatable bonds is 3. The Bertz CT molecular complexity index is 382. The summed E-state index contributed by atoms with van der Waals surface area (Å²) in [6, 6.07) is 0. The van der Waals surface area contributed by atoms with Crippen LogP contribution in [-0.4, -0.2) is 11.6 Å². The van der Waals surface area contributed by atoms with E-state index in [1.165, 1.54) is 17.6 Å². The van der Waals surface area contributed by atoms with Crippen molar-refractivity contribution in [2.45, 2.75) is 52.6 Å². The molecule has 0 fully saturated rings. The minimum Gasteiger partial charge on any atom is -0.460 e. The van der Waals surface area contributed by atoms with Gasteiger partial charge in [0.05, 0.1) is 6.42 Å². The molecule has 0 aliphatic heterocycles. The van der Waals surface area contributed by atoms with Crippen LogP contribution in [0.15, 0.2) is 23.3 Å². The van der Waals surface area contributed by atoms with E-state index in [4.69, 9.17) is 4.74 Å². The van der Waals surface area contributed by atoms with Crippen LogP contribution in [0.3, 0.4) is 0 Å². The fourth-order valence-electron chi connectivity index (χ4n) is 2.67. The van der Waals surface area contributed by atoms with Gasteiger partial charge < -0.3 is 4.74 Å². The second-order valence-corrected chi connectivity index (χ2v) is 6.08. The molecule has 2 nitrogen and oxygen atoms in total. The van der Waals surface area contributed by atoms with Crippen molar-refractivity contribution in [1.29, 1.82) is 0 Å². The number of hydrogen-bond acceptors (Lipinski definition) is 2. The summed E-state index contributed by atoms with van der Waals surface area (Å²) >= 11 is 0. The predicted molar refractivity (Wildman–Crippen MR) is 68.5 cm³/mol. The van der Waals surface area contributed by atoms with Crippen molar-refractivity contribution >= 4 is 5.97 Å². The average Bonchev–Trinajstić information content (AvgIpc) is 2.49. The van der Waals surface area contributed by atoms with E-state index in [0.717, 1.165) is 6.42 Å². The average molecular weight is 234 g/mol. The first-order valence-electron chi connectivity index (χ1n) is 6.51. The molecule has 0 heterocycles. The molecule has 0 saturated heterocycles. The summed E-state index contributed by atoms with van der Waals surface area (Å²) in [6.45, 7) is 7.93. The first kappa shape index (κ1) is 12.4. The molecule has 0 saturated carbocycles.